The molecular weight excluding hydrogens is 294 g/mol. The molecule has 6 heteroatoms. The van der Waals surface area contributed by atoms with E-state index in [0.29, 0.717) is 5.02 Å². The van der Waals surface area contributed by atoms with Crippen molar-refractivity contribution in [1.82, 2.24) is 5.43 Å². The number of hydrogen-bond acceptors (Lipinski definition) is 4. The second-order valence-electron chi connectivity index (χ2n) is 4.09. The van der Waals surface area contributed by atoms with Gasteiger partial charge in [-0.25, -0.2) is 5.43 Å². The predicted molar refractivity (Wildman–Crippen MR) is 84.7 cm³/mol. The van der Waals surface area contributed by atoms with Crippen LogP contribution >= 0.6 is 22.9 Å². The van der Waals surface area contributed by atoms with E-state index >= 15 is 0 Å². The maximum atomic E-state index is 11.6. The summed E-state index contributed by atoms with van der Waals surface area (Å²) in [5.74, 6) is -0.227. The fraction of sp³-hybridized carbons (Fsp3) is 0.143. The zero-order valence-corrected chi connectivity index (χ0v) is 12.5. The van der Waals surface area contributed by atoms with Crippen LogP contribution in [0.4, 0.5) is 5.69 Å². The topological polar surface area (TPSA) is 53.5 Å². The van der Waals surface area contributed by atoms with Gasteiger partial charge in [-0.2, -0.15) is 5.10 Å². The van der Waals surface area contributed by atoms with Gasteiger partial charge >= 0.3 is 0 Å². The summed E-state index contributed by atoms with van der Waals surface area (Å²) in [6.07, 6.45) is 1.65. The molecule has 2 rings (SSSR count). The van der Waals surface area contributed by atoms with Gasteiger partial charge in [0.25, 0.3) is 5.91 Å². The number of carbonyl (C=O) groups is 1. The Morgan fingerprint density at radius 2 is 2.20 bits per heavy atom. The van der Waals surface area contributed by atoms with Crippen LogP contribution in [0.5, 0.6) is 0 Å². The lowest BCUT2D eigenvalue weighted by atomic mass is 10.3. The van der Waals surface area contributed by atoms with Crippen LogP contribution in [0.25, 0.3) is 0 Å². The molecule has 20 heavy (non-hydrogen) atoms. The number of amides is 1. The molecule has 0 aliphatic rings. The van der Waals surface area contributed by atoms with E-state index < -0.39 is 0 Å². The van der Waals surface area contributed by atoms with E-state index in [2.05, 4.69) is 15.8 Å². The number of carbonyl (C=O) groups excluding carboxylic acids is 1. The molecule has 2 aromatic rings. The average Bonchev–Trinajstić information content (AvgIpc) is 2.84. The first-order valence-electron chi connectivity index (χ1n) is 6.01. The van der Waals surface area contributed by atoms with Gasteiger partial charge in [0.15, 0.2) is 0 Å². The average molecular weight is 308 g/mol. The third kappa shape index (κ3) is 4.08. The lowest BCUT2D eigenvalue weighted by molar-refractivity contribution is -0.119. The van der Waals surface area contributed by atoms with Gasteiger partial charge in [0.05, 0.1) is 23.5 Å². The molecule has 2 N–H and O–H groups in total. The van der Waals surface area contributed by atoms with Crippen LogP contribution in [-0.4, -0.2) is 18.7 Å². The number of thiophene rings is 1. The molecule has 1 aromatic heterocycles. The van der Waals surface area contributed by atoms with Crippen molar-refractivity contribution in [2.75, 3.05) is 11.9 Å². The maximum absolute atomic E-state index is 11.6. The zero-order valence-electron chi connectivity index (χ0n) is 10.9. The fourth-order valence-corrected chi connectivity index (χ4v) is 2.49. The van der Waals surface area contributed by atoms with Gasteiger partial charge < -0.3 is 5.32 Å². The summed E-state index contributed by atoms with van der Waals surface area (Å²) in [7, 11) is 0. The highest BCUT2D eigenvalue weighted by Gasteiger charge is 2.02. The number of nitrogens with one attached hydrogen (secondary N) is 2. The largest absolute Gasteiger partial charge is 0.375 e. The second-order valence-corrected chi connectivity index (χ2v) is 5.45. The van der Waals surface area contributed by atoms with Crippen LogP contribution < -0.4 is 10.7 Å². The number of benzene rings is 1. The Morgan fingerprint density at radius 1 is 1.40 bits per heavy atom. The normalized spacial score (nSPS) is 10.7. The van der Waals surface area contributed by atoms with Crippen LogP contribution in [0.3, 0.4) is 0 Å². The van der Waals surface area contributed by atoms with Gasteiger partial charge in [-0.3, -0.25) is 4.79 Å². The molecule has 0 spiro atoms. The number of halogens is 1. The zero-order chi connectivity index (χ0) is 14.4. The third-order valence-electron chi connectivity index (χ3n) is 2.59. The molecule has 0 bridgehead atoms. The molecular formula is C14H14ClN3OS. The summed E-state index contributed by atoms with van der Waals surface area (Å²) in [5, 5.41) is 9.44. The Bertz CT molecular complexity index is 624. The number of aryl methyl sites for hydroxylation is 1. The third-order valence-corrected chi connectivity index (χ3v) is 3.87. The van der Waals surface area contributed by atoms with Crippen molar-refractivity contribution in [2.24, 2.45) is 5.10 Å². The van der Waals surface area contributed by atoms with Gasteiger partial charge in [0, 0.05) is 4.88 Å². The van der Waals surface area contributed by atoms with Crippen molar-refractivity contribution in [2.45, 2.75) is 6.92 Å². The summed E-state index contributed by atoms with van der Waals surface area (Å²) in [6.45, 7) is 2.11. The molecule has 0 saturated heterocycles. The van der Waals surface area contributed by atoms with Crippen molar-refractivity contribution in [3.8, 4) is 0 Å². The Labute approximate surface area is 126 Å². The highest BCUT2D eigenvalue weighted by atomic mass is 35.5. The van der Waals surface area contributed by atoms with Gasteiger partial charge in [-0.1, -0.05) is 23.7 Å². The minimum absolute atomic E-state index is 0.116. The molecule has 1 aromatic carbocycles. The van der Waals surface area contributed by atoms with Crippen molar-refractivity contribution in [3.05, 3.63) is 51.2 Å². The molecule has 0 atom stereocenters. The lowest BCUT2D eigenvalue weighted by Crippen LogP contribution is -2.25. The molecule has 104 valence electrons. The van der Waals surface area contributed by atoms with Gasteiger partial charge in [-0.15, -0.1) is 11.3 Å². The molecule has 0 saturated carbocycles. The standard InChI is InChI=1S/C14H14ClN3OS/c1-10-6-7-20-13(10)8-17-18-14(19)9-16-12-5-3-2-4-11(12)15/h2-8,16H,9H2,1H3,(H,18,19)/b17-8+. The fourth-order valence-electron chi connectivity index (χ4n) is 1.50. The quantitative estimate of drug-likeness (QED) is 0.658. The summed E-state index contributed by atoms with van der Waals surface area (Å²) >= 11 is 7.55. The minimum Gasteiger partial charge on any atom is -0.375 e. The molecule has 0 radical (unpaired) electrons. The first-order chi connectivity index (χ1) is 9.66. The summed E-state index contributed by atoms with van der Waals surface area (Å²) in [4.78, 5) is 12.6. The van der Waals surface area contributed by atoms with Crippen LogP contribution in [0.15, 0.2) is 40.8 Å². The van der Waals surface area contributed by atoms with E-state index in [4.69, 9.17) is 11.6 Å². The first kappa shape index (κ1) is 14.6. The highest BCUT2D eigenvalue weighted by molar-refractivity contribution is 7.11. The van der Waals surface area contributed by atoms with Gasteiger partial charge in [0.1, 0.15) is 0 Å². The molecule has 1 amide bonds. The van der Waals surface area contributed by atoms with Crippen LogP contribution in [0.1, 0.15) is 10.4 Å². The maximum Gasteiger partial charge on any atom is 0.259 e. The van der Waals surface area contributed by atoms with Crippen molar-refractivity contribution >= 4 is 40.7 Å². The molecule has 0 aliphatic carbocycles. The van der Waals surface area contributed by atoms with E-state index in [-0.39, 0.29) is 12.5 Å². The van der Waals surface area contributed by atoms with Crippen LogP contribution in [-0.2, 0) is 4.79 Å². The lowest BCUT2D eigenvalue weighted by Gasteiger charge is -2.06. The number of rotatable bonds is 5. The van der Waals surface area contributed by atoms with E-state index in [1.807, 2.05) is 36.6 Å². The van der Waals surface area contributed by atoms with Crippen LogP contribution in [0, 0.1) is 6.92 Å². The Balaban J connectivity index is 1.80. The Hall–Kier alpha value is -1.85. The summed E-state index contributed by atoms with van der Waals surface area (Å²) < 4.78 is 0. The van der Waals surface area contributed by atoms with Crippen LogP contribution in [0.2, 0.25) is 5.02 Å². The molecule has 0 aliphatic heterocycles. The SMILES string of the molecule is Cc1ccsc1/C=N/NC(=O)CNc1ccccc1Cl. The molecule has 4 nitrogen and oxygen atoms in total. The predicted octanol–water partition coefficient (Wildman–Crippen LogP) is 3.27. The molecule has 0 fully saturated rings. The van der Waals surface area contributed by atoms with Gasteiger partial charge in [0.2, 0.25) is 0 Å². The Kier molecular flexibility index (Phi) is 5.15. The first-order valence-corrected chi connectivity index (χ1v) is 7.27. The van der Waals surface area contributed by atoms with Crippen molar-refractivity contribution in [3.63, 3.8) is 0 Å². The van der Waals surface area contributed by atoms with E-state index in [9.17, 15) is 4.79 Å². The number of para-hydroxylation sites is 1. The molecule has 1 heterocycles. The second kappa shape index (κ2) is 7.07. The Morgan fingerprint density at radius 3 is 2.90 bits per heavy atom. The van der Waals surface area contributed by atoms with Crippen molar-refractivity contribution in [1.29, 1.82) is 0 Å². The molecule has 0 unspecified atom stereocenters. The summed E-state index contributed by atoms with van der Waals surface area (Å²) in [6, 6.07) is 9.27. The number of anilines is 1. The summed E-state index contributed by atoms with van der Waals surface area (Å²) in [5.41, 5.74) is 4.33. The van der Waals surface area contributed by atoms with E-state index in [1.54, 1.807) is 23.6 Å². The van der Waals surface area contributed by atoms with E-state index in [1.165, 1.54) is 0 Å². The van der Waals surface area contributed by atoms with Gasteiger partial charge in [-0.05, 0) is 36.1 Å². The minimum atomic E-state index is -0.227. The van der Waals surface area contributed by atoms with E-state index in [0.717, 1.165) is 16.1 Å². The highest BCUT2D eigenvalue weighted by Crippen LogP contribution is 2.19. The number of hydrazone groups is 1. The smallest absolute Gasteiger partial charge is 0.259 e. The number of hydrogen-bond donors (Lipinski definition) is 2. The monoisotopic (exact) mass is 307 g/mol. The number of nitrogens with zero attached hydrogens (tertiary/aromatic N) is 1. The van der Waals surface area contributed by atoms with Crippen molar-refractivity contribution < 1.29 is 4.79 Å².